The van der Waals surface area contributed by atoms with Crippen molar-refractivity contribution in [2.24, 2.45) is 5.92 Å². The van der Waals surface area contributed by atoms with Gasteiger partial charge in [0.05, 0.1) is 5.92 Å². The van der Waals surface area contributed by atoms with Crippen LogP contribution in [0.2, 0.25) is 0 Å². The third-order valence-corrected chi connectivity index (χ3v) is 6.14. The van der Waals surface area contributed by atoms with Crippen LogP contribution in [-0.2, 0) is 9.59 Å². The second kappa shape index (κ2) is 7.90. The maximum atomic E-state index is 13.1. The zero-order valence-electron chi connectivity index (χ0n) is 17.5. The van der Waals surface area contributed by atoms with Gasteiger partial charge in [0.2, 0.25) is 11.8 Å². The average molecular weight is 392 g/mol. The molecule has 2 aliphatic rings. The van der Waals surface area contributed by atoms with Crippen LogP contribution in [0.25, 0.3) is 0 Å². The molecule has 2 aromatic rings. The van der Waals surface area contributed by atoms with Gasteiger partial charge in [-0.25, -0.2) is 0 Å². The number of nitrogens with zero attached hydrogens (tertiary/aromatic N) is 3. The highest BCUT2D eigenvalue weighted by atomic mass is 16.2. The molecule has 2 aromatic carbocycles. The van der Waals surface area contributed by atoms with Gasteiger partial charge in [0.1, 0.15) is 0 Å². The summed E-state index contributed by atoms with van der Waals surface area (Å²) >= 11 is 0. The van der Waals surface area contributed by atoms with Crippen LogP contribution >= 0.6 is 0 Å². The maximum Gasteiger partial charge on any atom is 0.228 e. The largest absolute Gasteiger partial charge is 0.368 e. The van der Waals surface area contributed by atoms with Crippen molar-refractivity contribution in [3.8, 4) is 0 Å². The summed E-state index contributed by atoms with van der Waals surface area (Å²) in [5, 5.41) is 0. The molecule has 0 spiro atoms. The Labute approximate surface area is 172 Å². The number of aryl methyl sites for hydroxylation is 3. The predicted molar refractivity (Wildman–Crippen MR) is 116 cm³/mol. The van der Waals surface area contributed by atoms with Gasteiger partial charge >= 0.3 is 0 Å². The molecule has 5 nitrogen and oxygen atoms in total. The fourth-order valence-electron chi connectivity index (χ4n) is 4.59. The summed E-state index contributed by atoms with van der Waals surface area (Å²) in [6, 6.07) is 14.5. The molecule has 0 radical (unpaired) electrons. The Balaban J connectivity index is 1.40. The molecule has 1 atom stereocenters. The van der Waals surface area contributed by atoms with Gasteiger partial charge < -0.3 is 14.7 Å². The first-order valence-electron chi connectivity index (χ1n) is 10.4. The Kier molecular flexibility index (Phi) is 5.31. The molecule has 5 heteroatoms. The third-order valence-electron chi connectivity index (χ3n) is 6.14. The smallest absolute Gasteiger partial charge is 0.228 e. The van der Waals surface area contributed by atoms with Gasteiger partial charge in [-0.15, -0.1) is 0 Å². The van der Waals surface area contributed by atoms with Crippen molar-refractivity contribution in [2.75, 3.05) is 42.5 Å². The Hall–Kier alpha value is -2.82. The molecule has 2 heterocycles. The molecule has 4 rings (SSSR count). The Morgan fingerprint density at radius 3 is 2.24 bits per heavy atom. The molecule has 2 saturated heterocycles. The number of hydrogen-bond acceptors (Lipinski definition) is 3. The lowest BCUT2D eigenvalue weighted by Crippen LogP contribution is -2.50. The van der Waals surface area contributed by atoms with E-state index < -0.39 is 0 Å². The van der Waals surface area contributed by atoms with Crippen molar-refractivity contribution in [2.45, 2.75) is 27.2 Å². The minimum Gasteiger partial charge on any atom is -0.368 e. The first-order chi connectivity index (χ1) is 13.9. The number of carbonyl (C=O) groups excluding carboxylic acids is 2. The summed E-state index contributed by atoms with van der Waals surface area (Å²) in [5.41, 5.74) is 5.60. The van der Waals surface area contributed by atoms with Gasteiger partial charge in [-0.2, -0.15) is 0 Å². The Morgan fingerprint density at radius 2 is 1.59 bits per heavy atom. The number of amides is 2. The van der Waals surface area contributed by atoms with Gasteiger partial charge in [-0.3, -0.25) is 9.59 Å². The van der Waals surface area contributed by atoms with Crippen LogP contribution in [0.5, 0.6) is 0 Å². The van der Waals surface area contributed by atoms with Crippen LogP contribution in [0, 0.1) is 26.7 Å². The highest BCUT2D eigenvalue weighted by molar-refractivity contribution is 6.01. The van der Waals surface area contributed by atoms with Crippen LogP contribution < -0.4 is 9.80 Å². The highest BCUT2D eigenvalue weighted by Crippen LogP contribution is 2.31. The molecule has 0 aliphatic carbocycles. The van der Waals surface area contributed by atoms with Crippen LogP contribution in [-0.4, -0.2) is 49.4 Å². The predicted octanol–water partition coefficient (Wildman–Crippen LogP) is 3.31. The molecule has 2 aliphatic heterocycles. The number of anilines is 2. The molecule has 2 fully saturated rings. The molecule has 0 N–H and O–H groups in total. The number of benzene rings is 2. The summed E-state index contributed by atoms with van der Waals surface area (Å²) in [4.78, 5) is 31.9. The van der Waals surface area contributed by atoms with Crippen molar-refractivity contribution >= 4 is 23.2 Å². The van der Waals surface area contributed by atoms with Crippen molar-refractivity contribution < 1.29 is 9.59 Å². The van der Waals surface area contributed by atoms with Gasteiger partial charge in [0, 0.05) is 50.5 Å². The Bertz CT molecular complexity index is 911. The standard InChI is InChI=1S/C24H29N3O2/c1-17-6-4-9-21(14-17)25-10-12-26(13-11-25)24(29)20-15-22(28)27(16-20)23-18(2)7-5-8-19(23)3/h4-9,14,20H,10-13,15-16H2,1-3H3. The van der Waals surface area contributed by atoms with Gasteiger partial charge in [-0.1, -0.05) is 30.3 Å². The number of rotatable bonds is 3. The number of carbonyl (C=O) groups is 2. The second-order valence-electron chi connectivity index (χ2n) is 8.30. The van der Waals surface area contributed by atoms with E-state index >= 15 is 0 Å². The summed E-state index contributed by atoms with van der Waals surface area (Å²) < 4.78 is 0. The van der Waals surface area contributed by atoms with Crippen molar-refractivity contribution in [3.63, 3.8) is 0 Å². The van der Waals surface area contributed by atoms with Crippen LogP contribution in [0.1, 0.15) is 23.1 Å². The van der Waals surface area contributed by atoms with Crippen LogP contribution in [0.4, 0.5) is 11.4 Å². The number of piperazine rings is 1. The molecule has 0 aromatic heterocycles. The van der Waals surface area contributed by atoms with E-state index in [0.29, 0.717) is 26.1 Å². The van der Waals surface area contributed by atoms with Crippen molar-refractivity contribution in [3.05, 3.63) is 59.2 Å². The highest BCUT2D eigenvalue weighted by Gasteiger charge is 2.38. The maximum absolute atomic E-state index is 13.1. The van der Waals surface area contributed by atoms with E-state index in [1.165, 1.54) is 11.3 Å². The normalized spacial score (nSPS) is 19.8. The monoisotopic (exact) mass is 391 g/mol. The molecule has 1 unspecified atom stereocenters. The minimum atomic E-state index is -0.243. The summed E-state index contributed by atoms with van der Waals surface area (Å²) in [7, 11) is 0. The van der Waals surface area contributed by atoms with Crippen LogP contribution in [0.15, 0.2) is 42.5 Å². The van der Waals surface area contributed by atoms with E-state index in [0.717, 1.165) is 29.9 Å². The second-order valence-corrected chi connectivity index (χ2v) is 8.30. The van der Waals surface area contributed by atoms with E-state index in [9.17, 15) is 9.59 Å². The minimum absolute atomic E-state index is 0.0548. The van der Waals surface area contributed by atoms with Crippen LogP contribution in [0.3, 0.4) is 0 Å². The zero-order valence-corrected chi connectivity index (χ0v) is 17.5. The zero-order chi connectivity index (χ0) is 20.5. The lowest BCUT2D eigenvalue weighted by Gasteiger charge is -2.37. The van der Waals surface area contributed by atoms with Gasteiger partial charge in [-0.05, 0) is 49.6 Å². The van der Waals surface area contributed by atoms with E-state index in [2.05, 4.69) is 36.1 Å². The third kappa shape index (κ3) is 3.86. The molecular weight excluding hydrogens is 362 g/mol. The fourth-order valence-corrected chi connectivity index (χ4v) is 4.59. The average Bonchev–Trinajstić information content (AvgIpc) is 3.09. The van der Waals surface area contributed by atoms with E-state index in [4.69, 9.17) is 0 Å². The summed E-state index contributed by atoms with van der Waals surface area (Å²) in [6.45, 7) is 9.71. The summed E-state index contributed by atoms with van der Waals surface area (Å²) in [6.07, 6.45) is 0.310. The molecular formula is C24H29N3O2. The molecule has 152 valence electrons. The summed E-state index contributed by atoms with van der Waals surface area (Å²) in [5.74, 6) is -0.0675. The first kappa shape index (κ1) is 19.5. The van der Waals surface area contributed by atoms with Gasteiger partial charge in [0.25, 0.3) is 0 Å². The number of para-hydroxylation sites is 1. The molecule has 29 heavy (non-hydrogen) atoms. The molecule has 2 amide bonds. The van der Waals surface area contributed by atoms with Crippen molar-refractivity contribution in [1.82, 2.24) is 4.90 Å². The SMILES string of the molecule is Cc1cccc(N2CCN(C(=O)C3CC(=O)N(c4c(C)cccc4C)C3)CC2)c1. The molecule has 0 saturated carbocycles. The van der Waals surface area contributed by atoms with Crippen molar-refractivity contribution in [1.29, 1.82) is 0 Å². The van der Waals surface area contributed by atoms with Gasteiger partial charge in [0.15, 0.2) is 0 Å². The first-order valence-corrected chi connectivity index (χ1v) is 10.4. The van der Waals surface area contributed by atoms with E-state index in [-0.39, 0.29) is 17.7 Å². The Morgan fingerprint density at radius 1 is 0.931 bits per heavy atom. The number of hydrogen-bond donors (Lipinski definition) is 0. The van der Waals surface area contributed by atoms with E-state index in [1.807, 2.05) is 41.8 Å². The lowest BCUT2D eigenvalue weighted by atomic mass is 10.1. The topological polar surface area (TPSA) is 43.9 Å². The van der Waals surface area contributed by atoms with E-state index in [1.54, 1.807) is 0 Å². The lowest BCUT2D eigenvalue weighted by molar-refractivity contribution is -0.136. The fraction of sp³-hybridized carbons (Fsp3) is 0.417. The molecule has 0 bridgehead atoms. The quantitative estimate of drug-likeness (QED) is 0.806.